The molecule has 0 saturated heterocycles. The van der Waals surface area contributed by atoms with Crippen molar-refractivity contribution in [3.8, 4) is 5.75 Å². The summed E-state index contributed by atoms with van der Waals surface area (Å²) in [7, 11) is 4.13. The summed E-state index contributed by atoms with van der Waals surface area (Å²) >= 11 is 0. The van der Waals surface area contributed by atoms with Crippen LogP contribution in [0.5, 0.6) is 5.75 Å². The fourth-order valence-electron chi connectivity index (χ4n) is 1.70. The van der Waals surface area contributed by atoms with Gasteiger partial charge in [0.25, 0.3) is 0 Å². The van der Waals surface area contributed by atoms with Gasteiger partial charge in [0.05, 0.1) is 18.3 Å². The highest BCUT2D eigenvalue weighted by atomic mass is 16.5. The summed E-state index contributed by atoms with van der Waals surface area (Å²) in [6, 6.07) is 10.1. The number of ether oxygens (including phenoxy) is 1. The van der Waals surface area contributed by atoms with E-state index in [2.05, 4.69) is 30.0 Å². The minimum atomic E-state index is 0.734. The Labute approximate surface area is 102 Å². The van der Waals surface area contributed by atoms with Crippen LogP contribution in [-0.4, -0.2) is 37.1 Å². The topological polar surface area (TPSA) is 25.4 Å². The molecule has 0 saturated carbocycles. The molecule has 2 rings (SSSR count). The van der Waals surface area contributed by atoms with Crippen LogP contribution in [0.25, 0.3) is 10.9 Å². The molecular formula is C14H18N2O. The maximum absolute atomic E-state index is 5.68. The number of fused-ring (bicyclic) bond motifs is 1. The van der Waals surface area contributed by atoms with Crippen LogP contribution in [0.2, 0.25) is 0 Å². The van der Waals surface area contributed by atoms with E-state index < -0.39 is 0 Å². The van der Waals surface area contributed by atoms with E-state index in [1.807, 2.05) is 24.3 Å². The standard InChI is InChI=1S/C14H18N2O/c1-16(2)8-5-9-17-13-10-12-6-3-4-7-14(12)15-11-13/h3-4,6-7,10-11H,5,8-9H2,1-2H3. The van der Waals surface area contributed by atoms with Gasteiger partial charge in [0.1, 0.15) is 5.75 Å². The van der Waals surface area contributed by atoms with Gasteiger partial charge in [-0.3, -0.25) is 4.98 Å². The van der Waals surface area contributed by atoms with Crippen molar-refractivity contribution in [1.82, 2.24) is 9.88 Å². The first-order valence-electron chi connectivity index (χ1n) is 5.88. The number of hydrogen-bond acceptors (Lipinski definition) is 3. The molecule has 2 aromatic rings. The van der Waals surface area contributed by atoms with Crippen molar-refractivity contribution in [1.29, 1.82) is 0 Å². The van der Waals surface area contributed by atoms with Gasteiger partial charge in [0.15, 0.2) is 0 Å². The van der Waals surface area contributed by atoms with Gasteiger partial charge < -0.3 is 9.64 Å². The third kappa shape index (κ3) is 3.43. The van der Waals surface area contributed by atoms with Crippen molar-refractivity contribution >= 4 is 10.9 Å². The Kier molecular flexibility index (Phi) is 3.94. The number of hydrogen-bond donors (Lipinski definition) is 0. The highest BCUT2D eigenvalue weighted by Gasteiger charge is 1.98. The van der Waals surface area contributed by atoms with Gasteiger partial charge in [-0.25, -0.2) is 0 Å². The SMILES string of the molecule is CN(C)CCCOc1cnc2ccccc2c1. The Morgan fingerprint density at radius 3 is 2.88 bits per heavy atom. The van der Waals surface area contributed by atoms with Gasteiger partial charge in [0.2, 0.25) is 0 Å². The van der Waals surface area contributed by atoms with E-state index in [9.17, 15) is 0 Å². The van der Waals surface area contributed by atoms with Crippen molar-refractivity contribution < 1.29 is 4.74 Å². The summed E-state index contributed by atoms with van der Waals surface area (Å²) in [5.41, 5.74) is 1.01. The lowest BCUT2D eigenvalue weighted by atomic mass is 10.2. The normalized spacial score (nSPS) is 11.0. The molecule has 17 heavy (non-hydrogen) atoms. The zero-order valence-electron chi connectivity index (χ0n) is 10.4. The highest BCUT2D eigenvalue weighted by molar-refractivity contribution is 5.79. The smallest absolute Gasteiger partial charge is 0.138 e. The molecule has 0 aliphatic heterocycles. The Hall–Kier alpha value is -1.61. The molecular weight excluding hydrogens is 212 g/mol. The van der Waals surface area contributed by atoms with E-state index in [1.165, 1.54) is 0 Å². The van der Waals surface area contributed by atoms with Crippen LogP contribution in [0.1, 0.15) is 6.42 Å². The van der Waals surface area contributed by atoms with Gasteiger partial charge in [-0.05, 0) is 32.6 Å². The largest absolute Gasteiger partial charge is 0.492 e. The Bertz CT molecular complexity index is 482. The molecule has 90 valence electrons. The summed E-state index contributed by atoms with van der Waals surface area (Å²) in [5, 5.41) is 1.12. The molecule has 0 aliphatic rings. The van der Waals surface area contributed by atoms with Crippen LogP contribution in [-0.2, 0) is 0 Å². The van der Waals surface area contributed by atoms with E-state index in [-0.39, 0.29) is 0 Å². The molecule has 3 heteroatoms. The third-order valence-electron chi connectivity index (χ3n) is 2.58. The highest BCUT2D eigenvalue weighted by Crippen LogP contribution is 2.17. The number of aromatic nitrogens is 1. The zero-order chi connectivity index (χ0) is 12.1. The van der Waals surface area contributed by atoms with Gasteiger partial charge in [-0.1, -0.05) is 18.2 Å². The number of benzene rings is 1. The average molecular weight is 230 g/mol. The molecule has 0 bridgehead atoms. The summed E-state index contributed by atoms with van der Waals surface area (Å²) in [6.07, 6.45) is 2.82. The fraction of sp³-hybridized carbons (Fsp3) is 0.357. The Balaban J connectivity index is 1.95. The molecule has 0 atom stereocenters. The summed E-state index contributed by atoms with van der Waals surface area (Å²) in [6.45, 7) is 1.78. The van der Waals surface area contributed by atoms with Crippen LogP contribution < -0.4 is 4.74 Å². The van der Waals surface area contributed by atoms with Gasteiger partial charge in [-0.15, -0.1) is 0 Å². The second-order valence-electron chi connectivity index (χ2n) is 4.37. The van der Waals surface area contributed by atoms with Crippen LogP contribution in [0.3, 0.4) is 0 Å². The first-order chi connectivity index (χ1) is 8.25. The van der Waals surface area contributed by atoms with Crippen LogP contribution in [0, 0.1) is 0 Å². The van der Waals surface area contributed by atoms with Gasteiger partial charge in [-0.2, -0.15) is 0 Å². The number of pyridine rings is 1. The number of para-hydroxylation sites is 1. The van der Waals surface area contributed by atoms with Crippen molar-refractivity contribution in [3.05, 3.63) is 36.5 Å². The lowest BCUT2D eigenvalue weighted by molar-refractivity contribution is 0.281. The third-order valence-corrected chi connectivity index (χ3v) is 2.58. The predicted molar refractivity (Wildman–Crippen MR) is 70.4 cm³/mol. The maximum Gasteiger partial charge on any atom is 0.138 e. The molecule has 1 heterocycles. The Morgan fingerprint density at radius 2 is 2.06 bits per heavy atom. The molecule has 3 nitrogen and oxygen atoms in total. The van der Waals surface area contributed by atoms with Crippen molar-refractivity contribution in [3.63, 3.8) is 0 Å². The second-order valence-corrected chi connectivity index (χ2v) is 4.37. The molecule has 0 N–H and O–H groups in total. The van der Waals surface area contributed by atoms with E-state index in [4.69, 9.17) is 4.74 Å². The van der Waals surface area contributed by atoms with Crippen LogP contribution >= 0.6 is 0 Å². The van der Waals surface area contributed by atoms with Gasteiger partial charge >= 0.3 is 0 Å². The molecule has 0 aliphatic carbocycles. The molecule has 0 radical (unpaired) electrons. The van der Waals surface area contributed by atoms with E-state index in [0.29, 0.717) is 0 Å². The van der Waals surface area contributed by atoms with Crippen LogP contribution in [0.15, 0.2) is 36.5 Å². The molecule has 1 aromatic carbocycles. The molecule has 0 unspecified atom stereocenters. The first kappa shape index (κ1) is 11.9. The van der Waals surface area contributed by atoms with Crippen LogP contribution in [0.4, 0.5) is 0 Å². The molecule has 0 amide bonds. The van der Waals surface area contributed by atoms with E-state index >= 15 is 0 Å². The zero-order valence-corrected chi connectivity index (χ0v) is 10.4. The average Bonchev–Trinajstić information content (AvgIpc) is 2.34. The number of rotatable bonds is 5. The summed E-state index contributed by atoms with van der Waals surface area (Å²) < 4.78 is 5.68. The van der Waals surface area contributed by atoms with Gasteiger partial charge in [0, 0.05) is 11.9 Å². The maximum atomic E-state index is 5.68. The fourth-order valence-corrected chi connectivity index (χ4v) is 1.70. The van der Waals surface area contributed by atoms with E-state index in [0.717, 1.165) is 36.2 Å². The minimum Gasteiger partial charge on any atom is -0.492 e. The monoisotopic (exact) mass is 230 g/mol. The Morgan fingerprint density at radius 1 is 1.24 bits per heavy atom. The van der Waals surface area contributed by atoms with Crippen molar-refractivity contribution in [2.24, 2.45) is 0 Å². The molecule has 0 spiro atoms. The molecule has 0 fully saturated rings. The lowest BCUT2D eigenvalue weighted by Gasteiger charge is -2.10. The van der Waals surface area contributed by atoms with Crippen molar-refractivity contribution in [2.75, 3.05) is 27.2 Å². The van der Waals surface area contributed by atoms with Crippen molar-refractivity contribution in [2.45, 2.75) is 6.42 Å². The quantitative estimate of drug-likeness (QED) is 0.738. The lowest BCUT2D eigenvalue weighted by Crippen LogP contribution is -2.15. The first-order valence-corrected chi connectivity index (χ1v) is 5.88. The summed E-state index contributed by atoms with van der Waals surface area (Å²) in [5.74, 6) is 0.849. The second kappa shape index (κ2) is 5.64. The van der Waals surface area contributed by atoms with E-state index in [1.54, 1.807) is 6.20 Å². The number of nitrogens with zero attached hydrogens (tertiary/aromatic N) is 2. The summed E-state index contributed by atoms with van der Waals surface area (Å²) in [4.78, 5) is 6.51. The predicted octanol–water partition coefficient (Wildman–Crippen LogP) is 2.57. The molecule has 1 aromatic heterocycles. The minimum absolute atomic E-state index is 0.734.